The normalized spacial score (nSPS) is 18.1. The Morgan fingerprint density at radius 1 is 1.42 bits per heavy atom. The SMILES string of the molecule is CCCNC(N)=NCC1CCN(CCOC)CC1.I. The number of piperidine rings is 1. The molecule has 0 radical (unpaired) electrons. The highest BCUT2D eigenvalue weighted by Gasteiger charge is 2.18. The van der Waals surface area contributed by atoms with Gasteiger partial charge in [0.25, 0.3) is 0 Å². The topological polar surface area (TPSA) is 62.9 Å². The maximum Gasteiger partial charge on any atom is 0.188 e. The van der Waals surface area contributed by atoms with E-state index in [0.29, 0.717) is 11.9 Å². The van der Waals surface area contributed by atoms with Crippen molar-refractivity contribution in [3.8, 4) is 0 Å². The van der Waals surface area contributed by atoms with Gasteiger partial charge in [0.15, 0.2) is 5.96 Å². The number of likely N-dealkylation sites (tertiary alicyclic amines) is 1. The molecule has 0 spiro atoms. The van der Waals surface area contributed by atoms with Crippen molar-refractivity contribution in [3.63, 3.8) is 0 Å². The largest absolute Gasteiger partial charge is 0.383 e. The zero-order valence-corrected chi connectivity index (χ0v) is 14.6. The van der Waals surface area contributed by atoms with Gasteiger partial charge < -0.3 is 20.7 Å². The van der Waals surface area contributed by atoms with Crippen LogP contribution in [0, 0.1) is 5.92 Å². The first kappa shape index (κ1) is 18.9. The van der Waals surface area contributed by atoms with Crippen molar-refractivity contribution < 1.29 is 4.74 Å². The summed E-state index contributed by atoms with van der Waals surface area (Å²) in [5, 5.41) is 3.11. The fourth-order valence-corrected chi connectivity index (χ4v) is 2.15. The van der Waals surface area contributed by atoms with Gasteiger partial charge in [-0.25, -0.2) is 0 Å². The van der Waals surface area contributed by atoms with Crippen LogP contribution in [-0.2, 0) is 4.74 Å². The quantitative estimate of drug-likeness (QED) is 0.394. The lowest BCUT2D eigenvalue weighted by Gasteiger charge is -2.30. The zero-order valence-electron chi connectivity index (χ0n) is 12.2. The third-order valence-electron chi connectivity index (χ3n) is 3.39. The van der Waals surface area contributed by atoms with Gasteiger partial charge in [-0.1, -0.05) is 6.92 Å². The van der Waals surface area contributed by atoms with Gasteiger partial charge in [0.05, 0.1) is 6.61 Å². The lowest BCUT2D eigenvalue weighted by Crippen LogP contribution is -2.37. The Morgan fingerprint density at radius 2 is 2.11 bits per heavy atom. The van der Waals surface area contributed by atoms with E-state index in [1.807, 2.05) is 0 Å². The van der Waals surface area contributed by atoms with E-state index < -0.39 is 0 Å². The van der Waals surface area contributed by atoms with Crippen LogP contribution < -0.4 is 11.1 Å². The third kappa shape index (κ3) is 8.65. The number of methoxy groups -OCH3 is 1. The summed E-state index contributed by atoms with van der Waals surface area (Å²) in [5.74, 6) is 1.28. The Balaban J connectivity index is 0.00000324. The fourth-order valence-electron chi connectivity index (χ4n) is 2.15. The number of nitrogens with two attached hydrogens (primary N) is 1. The van der Waals surface area contributed by atoms with Crippen molar-refractivity contribution in [3.05, 3.63) is 0 Å². The van der Waals surface area contributed by atoms with Gasteiger partial charge in [0.1, 0.15) is 0 Å². The van der Waals surface area contributed by atoms with Gasteiger partial charge in [-0.2, -0.15) is 0 Å². The van der Waals surface area contributed by atoms with E-state index in [9.17, 15) is 0 Å². The molecule has 1 saturated heterocycles. The summed E-state index contributed by atoms with van der Waals surface area (Å²) in [6, 6.07) is 0. The van der Waals surface area contributed by atoms with Crippen molar-refractivity contribution in [2.75, 3.05) is 46.4 Å². The fraction of sp³-hybridized carbons (Fsp3) is 0.923. The minimum atomic E-state index is 0. The molecule has 1 aliphatic rings. The van der Waals surface area contributed by atoms with E-state index in [-0.39, 0.29) is 24.0 Å². The first-order valence-electron chi connectivity index (χ1n) is 7.01. The Bertz CT molecular complexity index is 243. The standard InChI is InChI=1S/C13H28N4O.HI/c1-3-6-15-13(14)16-11-12-4-7-17(8-5-12)9-10-18-2;/h12H,3-11H2,1-2H3,(H3,14,15,16);1H. The minimum Gasteiger partial charge on any atom is -0.383 e. The molecular formula is C13H29IN4O. The van der Waals surface area contributed by atoms with Crippen LogP contribution in [0.25, 0.3) is 0 Å². The molecule has 6 heteroatoms. The summed E-state index contributed by atoms with van der Waals surface area (Å²) in [5.41, 5.74) is 5.78. The van der Waals surface area contributed by atoms with Crippen LogP contribution in [0.1, 0.15) is 26.2 Å². The molecule has 1 fully saturated rings. The molecule has 19 heavy (non-hydrogen) atoms. The van der Waals surface area contributed by atoms with Gasteiger partial charge in [-0.15, -0.1) is 24.0 Å². The highest BCUT2D eigenvalue weighted by Crippen LogP contribution is 2.16. The highest BCUT2D eigenvalue weighted by atomic mass is 127. The van der Waals surface area contributed by atoms with Gasteiger partial charge in [0.2, 0.25) is 0 Å². The number of rotatable bonds is 7. The number of halogens is 1. The summed E-state index contributed by atoms with van der Waals surface area (Å²) in [4.78, 5) is 6.87. The zero-order chi connectivity index (χ0) is 13.2. The second-order valence-electron chi connectivity index (χ2n) is 4.93. The lowest BCUT2D eigenvalue weighted by atomic mass is 9.97. The predicted octanol–water partition coefficient (Wildman–Crippen LogP) is 1.28. The Labute approximate surface area is 134 Å². The molecule has 0 saturated carbocycles. The summed E-state index contributed by atoms with van der Waals surface area (Å²) in [7, 11) is 1.76. The smallest absolute Gasteiger partial charge is 0.188 e. The second-order valence-corrected chi connectivity index (χ2v) is 4.93. The summed E-state index contributed by atoms with van der Waals surface area (Å²) >= 11 is 0. The number of hydrogen-bond donors (Lipinski definition) is 2. The average molecular weight is 384 g/mol. The molecule has 0 bridgehead atoms. The molecule has 1 heterocycles. The maximum atomic E-state index is 5.78. The number of guanidine groups is 1. The maximum absolute atomic E-state index is 5.78. The predicted molar refractivity (Wildman–Crippen MR) is 91.2 cm³/mol. The molecule has 0 aliphatic carbocycles. The van der Waals surface area contributed by atoms with Gasteiger partial charge in [-0.05, 0) is 38.3 Å². The third-order valence-corrected chi connectivity index (χ3v) is 3.39. The molecule has 0 atom stereocenters. The van der Waals surface area contributed by atoms with Crippen molar-refractivity contribution in [1.29, 1.82) is 0 Å². The van der Waals surface area contributed by atoms with E-state index in [1.54, 1.807) is 7.11 Å². The molecule has 3 N–H and O–H groups in total. The van der Waals surface area contributed by atoms with Crippen molar-refractivity contribution in [2.45, 2.75) is 26.2 Å². The molecule has 0 aromatic carbocycles. The lowest BCUT2D eigenvalue weighted by molar-refractivity contribution is 0.121. The number of ether oxygens (including phenoxy) is 1. The van der Waals surface area contributed by atoms with Crippen molar-refractivity contribution >= 4 is 29.9 Å². The van der Waals surface area contributed by atoms with Gasteiger partial charge >= 0.3 is 0 Å². The number of hydrogen-bond acceptors (Lipinski definition) is 3. The average Bonchev–Trinajstić information content (AvgIpc) is 2.41. The van der Waals surface area contributed by atoms with Gasteiger partial charge in [0, 0.05) is 26.7 Å². The Hall–Kier alpha value is -0.0800. The van der Waals surface area contributed by atoms with E-state index in [4.69, 9.17) is 10.5 Å². The molecule has 0 aromatic heterocycles. The van der Waals surface area contributed by atoms with Crippen LogP contribution in [0.2, 0.25) is 0 Å². The van der Waals surface area contributed by atoms with Crippen LogP contribution in [0.5, 0.6) is 0 Å². The summed E-state index contributed by atoms with van der Waals surface area (Å²) < 4.78 is 5.10. The molecule has 1 aliphatic heterocycles. The van der Waals surface area contributed by atoms with Crippen molar-refractivity contribution in [1.82, 2.24) is 10.2 Å². The molecular weight excluding hydrogens is 355 g/mol. The molecule has 5 nitrogen and oxygen atoms in total. The molecule has 1 rings (SSSR count). The number of aliphatic imine (C=N–C) groups is 1. The molecule has 0 amide bonds. The highest BCUT2D eigenvalue weighted by molar-refractivity contribution is 14.0. The van der Waals surface area contributed by atoms with E-state index in [2.05, 4.69) is 22.1 Å². The molecule has 0 unspecified atom stereocenters. The number of nitrogens with zero attached hydrogens (tertiary/aromatic N) is 2. The monoisotopic (exact) mass is 384 g/mol. The van der Waals surface area contributed by atoms with Crippen LogP contribution in [0.3, 0.4) is 0 Å². The van der Waals surface area contributed by atoms with E-state index >= 15 is 0 Å². The van der Waals surface area contributed by atoms with Gasteiger partial charge in [-0.3, -0.25) is 4.99 Å². The van der Waals surface area contributed by atoms with Crippen LogP contribution in [-0.4, -0.2) is 57.3 Å². The Morgan fingerprint density at radius 3 is 2.68 bits per heavy atom. The summed E-state index contributed by atoms with van der Waals surface area (Å²) in [6.07, 6.45) is 3.51. The second kappa shape index (κ2) is 11.7. The molecule has 114 valence electrons. The van der Waals surface area contributed by atoms with E-state index in [0.717, 1.165) is 45.8 Å². The number of nitrogens with one attached hydrogen (secondary N) is 1. The molecule has 0 aromatic rings. The van der Waals surface area contributed by atoms with Crippen LogP contribution >= 0.6 is 24.0 Å². The first-order valence-corrected chi connectivity index (χ1v) is 7.01. The van der Waals surface area contributed by atoms with Crippen LogP contribution in [0.15, 0.2) is 4.99 Å². The minimum absolute atomic E-state index is 0. The van der Waals surface area contributed by atoms with Crippen LogP contribution in [0.4, 0.5) is 0 Å². The summed E-state index contributed by atoms with van der Waals surface area (Å²) in [6.45, 7) is 8.09. The van der Waals surface area contributed by atoms with Crippen molar-refractivity contribution in [2.24, 2.45) is 16.6 Å². The van der Waals surface area contributed by atoms with E-state index in [1.165, 1.54) is 12.8 Å². The Kier molecular flexibility index (Phi) is 11.7. The first-order chi connectivity index (χ1) is 8.76.